The first kappa shape index (κ1) is 15.7. The predicted octanol–water partition coefficient (Wildman–Crippen LogP) is 2.13. The number of hydrazine groups is 1. The number of methoxy groups -OCH3 is 1. The third kappa shape index (κ3) is 3.48. The summed E-state index contributed by atoms with van der Waals surface area (Å²) < 4.78 is 4.92. The maximum absolute atomic E-state index is 11.9. The number of hydrogen-bond donors (Lipinski definition) is 3. The smallest absolute Gasteiger partial charge is 0.273 e. The van der Waals surface area contributed by atoms with Crippen LogP contribution in [0.2, 0.25) is 5.02 Å². The SMILES string of the molecule is COc1ccc(C(=O)NNC(=O)c2ccccc2Cl)c(O)c1. The Morgan fingerprint density at radius 3 is 2.27 bits per heavy atom. The Kier molecular flexibility index (Phi) is 4.85. The minimum Gasteiger partial charge on any atom is -0.507 e. The van der Waals surface area contributed by atoms with Crippen molar-refractivity contribution in [3.05, 3.63) is 58.6 Å². The summed E-state index contributed by atoms with van der Waals surface area (Å²) >= 11 is 5.88. The number of hydrogen-bond acceptors (Lipinski definition) is 4. The van der Waals surface area contributed by atoms with Gasteiger partial charge in [-0.3, -0.25) is 20.4 Å². The van der Waals surface area contributed by atoms with Crippen LogP contribution < -0.4 is 15.6 Å². The molecule has 6 nitrogen and oxygen atoms in total. The molecule has 2 aromatic rings. The first-order chi connectivity index (χ1) is 10.5. The minimum absolute atomic E-state index is 0.000239. The molecule has 22 heavy (non-hydrogen) atoms. The normalized spacial score (nSPS) is 9.91. The number of ether oxygens (including phenoxy) is 1. The van der Waals surface area contributed by atoms with Gasteiger partial charge in [0.1, 0.15) is 11.5 Å². The fraction of sp³-hybridized carbons (Fsp3) is 0.0667. The molecule has 0 spiro atoms. The van der Waals surface area contributed by atoms with Crippen LogP contribution in [0.3, 0.4) is 0 Å². The summed E-state index contributed by atoms with van der Waals surface area (Å²) in [5.41, 5.74) is 4.66. The summed E-state index contributed by atoms with van der Waals surface area (Å²) in [5.74, 6) is -1.08. The molecule has 0 bridgehead atoms. The van der Waals surface area contributed by atoms with E-state index < -0.39 is 11.8 Å². The van der Waals surface area contributed by atoms with Gasteiger partial charge in [0, 0.05) is 6.07 Å². The molecule has 0 saturated heterocycles. The first-order valence-corrected chi connectivity index (χ1v) is 6.63. The van der Waals surface area contributed by atoms with Gasteiger partial charge in [-0.25, -0.2) is 0 Å². The Morgan fingerprint density at radius 2 is 1.68 bits per heavy atom. The predicted molar refractivity (Wildman–Crippen MR) is 81.0 cm³/mol. The molecule has 7 heteroatoms. The van der Waals surface area contributed by atoms with Gasteiger partial charge in [-0.15, -0.1) is 0 Å². The fourth-order valence-corrected chi connectivity index (χ4v) is 1.95. The van der Waals surface area contributed by atoms with Crippen LogP contribution in [0.4, 0.5) is 0 Å². The number of carbonyl (C=O) groups excluding carboxylic acids is 2. The molecule has 0 saturated carbocycles. The van der Waals surface area contributed by atoms with Gasteiger partial charge in [0.2, 0.25) is 0 Å². The molecule has 0 fully saturated rings. The number of amides is 2. The van der Waals surface area contributed by atoms with E-state index in [1.807, 2.05) is 0 Å². The van der Waals surface area contributed by atoms with E-state index >= 15 is 0 Å². The first-order valence-electron chi connectivity index (χ1n) is 6.25. The number of nitrogens with one attached hydrogen (secondary N) is 2. The molecule has 2 amide bonds. The third-order valence-electron chi connectivity index (χ3n) is 2.86. The zero-order valence-corrected chi connectivity index (χ0v) is 12.3. The third-order valence-corrected chi connectivity index (χ3v) is 3.19. The van der Waals surface area contributed by atoms with Crippen molar-refractivity contribution in [3.8, 4) is 11.5 Å². The highest BCUT2D eigenvalue weighted by Crippen LogP contribution is 2.23. The van der Waals surface area contributed by atoms with Gasteiger partial charge in [0.05, 0.1) is 23.3 Å². The van der Waals surface area contributed by atoms with E-state index in [1.54, 1.807) is 18.2 Å². The molecule has 0 unspecified atom stereocenters. The highest BCUT2D eigenvalue weighted by molar-refractivity contribution is 6.33. The average Bonchev–Trinajstić information content (AvgIpc) is 2.52. The lowest BCUT2D eigenvalue weighted by molar-refractivity contribution is 0.0845. The Hall–Kier alpha value is -2.73. The van der Waals surface area contributed by atoms with Gasteiger partial charge in [-0.05, 0) is 24.3 Å². The second-order valence-corrected chi connectivity index (χ2v) is 4.68. The maximum Gasteiger partial charge on any atom is 0.273 e. The van der Waals surface area contributed by atoms with Crippen LogP contribution in [0.25, 0.3) is 0 Å². The quantitative estimate of drug-likeness (QED) is 0.756. The van der Waals surface area contributed by atoms with E-state index in [0.29, 0.717) is 5.75 Å². The Morgan fingerprint density at radius 1 is 1.05 bits per heavy atom. The lowest BCUT2D eigenvalue weighted by atomic mass is 10.2. The van der Waals surface area contributed by atoms with E-state index in [2.05, 4.69) is 10.9 Å². The van der Waals surface area contributed by atoms with Crippen LogP contribution in [-0.2, 0) is 0 Å². The molecular formula is C15H13ClN2O4. The van der Waals surface area contributed by atoms with Crippen LogP contribution in [0.1, 0.15) is 20.7 Å². The molecule has 0 aliphatic rings. The van der Waals surface area contributed by atoms with E-state index in [4.69, 9.17) is 16.3 Å². The van der Waals surface area contributed by atoms with Gasteiger partial charge in [0.25, 0.3) is 11.8 Å². The Labute approximate surface area is 131 Å². The molecule has 2 rings (SSSR count). The summed E-state index contributed by atoms with van der Waals surface area (Å²) in [4.78, 5) is 23.8. The molecule has 0 heterocycles. The molecule has 2 aromatic carbocycles. The zero-order valence-electron chi connectivity index (χ0n) is 11.6. The van der Waals surface area contributed by atoms with Crippen LogP contribution in [-0.4, -0.2) is 24.0 Å². The van der Waals surface area contributed by atoms with Crippen molar-refractivity contribution >= 4 is 23.4 Å². The van der Waals surface area contributed by atoms with Crippen LogP contribution in [0, 0.1) is 0 Å². The topological polar surface area (TPSA) is 87.7 Å². The molecule has 0 aliphatic heterocycles. The lowest BCUT2D eigenvalue weighted by Gasteiger charge is -2.10. The number of rotatable bonds is 3. The maximum atomic E-state index is 11.9. The summed E-state index contributed by atoms with van der Waals surface area (Å²) in [7, 11) is 1.44. The van der Waals surface area contributed by atoms with Gasteiger partial charge < -0.3 is 9.84 Å². The van der Waals surface area contributed by atoms with Crippen molar-refractivity contribution < 1.29 is 19.4 Å². The summed E-state index contributed by atoms with van der Waals surface area (Å²) in [6.45, 7) is 0. The standard InChI is InChI=1S/C15H13ClN2O4/c1-22-9-6-7-11(13(19)8-9)15(21)18-17-14(20)10-4-2-3-5-12(10)16/h2-8,19H,1H3,(H,17,20)(H,18,21). The monoisotopic (exact) mass is 320 g/mol. The highest BCUT2D eigenvalue weighted by atomic mass is 35.5. The average molecular weight is 321 g/mol. The van der Waals surface area contributed by atoms with Gasteiger partial charge in [-0.2, -0.15) is 0 Å². The lowest BCUT2D eigenvalue weighted by Crippen LogP contribution is -2.41. The highest BCUT2D eigenvalue weighted by Gasteiger charge is 2.14. The Balaban J connectivity index is 2.04. The minimum atomic E-state index is -0.666. The fourth-order valence-electron chi connectivity index (χ4n) is 1.72. The largest absolute Gasteiger partial charge is 0.507 e. The van der Waals surface area contributed by atoms with Crippen molar-refractivity contribution in [3.63, 3.8) is 0 Å². The molecule has 114 valence electrons. The number of halogens is 1. The summed E-state index contributed by atoms with van der Waals surface area (Å²) in [5, 5.41) is 10.0. The van der Waals surface area contributed by atoms with Crippen LogP contribution in [0.15, 0.2) is 42.5 Å². The number of aromatic hydroxyl groups is 1. The molecule has 3 N–H and O–H groups in total. The van der Waals surface area contributed by atoms with E-state index in [1.165, 1.54) is 31.4 Å². The van der Waals surface area contributed by atoms with Crippen LogP contribution in [0.5, 0.6) is 11.5 Å². The van der Waals surface area contributed by atoms with Crippen molar-refractivity contribution in [1.82, 2.24) is 10.9 Å². The number of phenolic OH excluding ortho intramolecular Hbond substituents is 1. The van der Waals surface area contributed by atoms with E-state index in [-0.39, 0.29) is 21.9 Å². The van der Waals surface area contributed by atoms with Gasteiger partial charge >= 0.3 is 0 Å². The molecule has 0 aliphatic carbocycles. The number of carbonyl (C=O) groups is 2. The zero-order chi connectivity index (χ0) is 16.1. The van der Waals surface area contributed by atoms with Crippen molar-refractivity contribution in [2.75, 3.05) is 7.11 Å². The number of phenols is 1. The molecule has 0 atom stereocenters. The van der Waals surface area contributed by atoms with Gasteiger partial charge in [-0.1, -0.05) is 23.7 Å². The number of benzene rings is 2. The van der Waals surface area contributed by atoms with Crippen molar-refractivity contribution in [2.45, 2.75) is 0 Å². The molecule has 0 radical (unpaired) electrons. The van der Waals surface area contributed by atoms with Crippen LogP contribution >= 0.6 is 11.6 Å². The van der Waals surface area contributed by atoms with Gasteiger partial charge in [0.15, 0.2) is 0 Å². The second-order valence-electron chi connectivity index (χ2n) is 4.27. The second kappa shape index (κ2) is 6.82. The van der Waals surface area contributed by atoms with Crippen molar-refractivity contribution in [2.24, 2.45) is 0 Å². The molecular weight excluding hydrogens is 308 g/mol. The molecule has 0 aromatic heterocycles. The van der Waals surface area contributed by atoms with E-state index in [0.717, 1.165) is 0 Å². The summed E-state index contributed by atoms with van der Waals surface area (Å²) in [6, 6.07) is 10.6. The van der Waals surface area contributed by atoms with Crippen molar-refractivity contribution in [1.29, 1.82) is 0 Å². The summed E-state index contributed by atoms with van der Waals surface area (Å²) in [6.07, 6.45) is 0. The van der Waals surface area contributed by atoms with E-state index in [9.17, 15) is 14.7 Å². The Bertz CT molecular complexity index is 718.